The van der Waals surface area contributed by atoms with E-state index >= 15 is 0 Å². The van der Waals surface area contributed by atoms with E-state index in [2.05, 4.69) is 47.6 Å². The van der Waals surface area contributed by atoms with Crippen LogP contribution >= 0.6 is 0 Å². The normalized spacial score (nSPS) is 12.8. The van der Waals surface area contributed by atoms with E-state index in [1.165, 1.54) is 50.8 Å². The fourth-order valence-corrected chi connectivity index (χ4v) is 4.38. The number of unbranched alkanes of at least 4 members (excludes halogenated alkanes) is 1. The van der Waals surface area contributed by atoms with Gasteiger partial charge in [-0.15, -0.1) is 0 Å². The summed E-state index contributed by atoms with van der Waals surface area (Å²) in [6.45, 7) is 11.3. The molecule has 41 heavy (non-hydrogen) atoms. The molecule has 1 saturated carbocycles. The molecule has 232 valence electrons. The number of rotatable bonds is 13. The van der Waals surface area contributed by atoms with Crippen molar-refractivity contribution in [3.05, 3.63) is 71.3 Å². The molecule has 1 atom stereocenters. The summed E-state index contributed by atoms with van der Waals surface area (Å²) in [6.07, 6.45) is 11.0. The number of hydrogen-bond acceptors (Lipinski definition) is 5. The minimum atomic E-state index is 0.0559. The molecule has 6 N–H and O–H groups in total. The standard InChI is InChI=1S/C22H28N2O2.C7H15N.C2H4O.C2H6.CH5N/c1-18(8-5-6-13-23-17-25)24-22(26)16-21-12-7-11-20(15-21)14-19-9-3-2-4-10-19;1-2-7(6-8)4-3-5-7;1-2-3;2*1-2/h2-4,7,9-12,15,17-18H,5-6,8,13-14,16H2,1H3,(H,23,25)(H,24,26);2-6,8H2,1H3;2H,1H3;1-2H3;2H2,1H3. The molecule has 3 rings (SSSR count). The molecule has 0 heterocycles. The Morgan fingerprint density at radius 2 is 1.56 bits per heavy atom. The Morgan fingerprint density at radius 1 is 0.976 bits per heavy atom. The first kappa shape index (κ1) is 40.1. The molecule has 1 aliphatic carbocycles. The Kier molecular flexibility index (Phi) is 26.6. The van der Waals surface area contributed by atoms with Crippen LogP contribution < -0.4 is 22.1 Å². The van der Waals surface area contributed by atoms with Crippen LogP contribution in [-0.2, 0) is 27.2 Å². The summed E-state index contributed by atoms with van der Waals surface area (Å²) in [5.74, 6) is 0.0559. The number of carbonyl (C=O) groups is 3. The maximum atomic E-state index is 12.3. The highest BCUT2D eigenvalue weighted by atomic mass is 16.1. The van der Waals surface area contributed by atoms with Crippen molar-refractivity contribution in [3.8, 4) is 0 Å². The minimum absolute atomic E-state index is 0.0559. The third-order valence-corrected chi connectivity index (χ3v) is 6.90. The van der Waals surface area contributed by atoms with E-state index in [4.69, 9.17) is 10.5 Å². The molecule has 0 radical (unpaired) electrons. The summed E-state index contributed by atoms with van der Waals surface area (Å²) in [5.41, 5.74) is 14.2. The van der Waals surface area contributed by atoms with Crippen LogP contribution in [0.3, 0.4) is 0 Å². The van der Waals surface area contributed by atoms with Crippen LogP contribution in [-0.4, -0.2) is 44.8 Å². The number of amides is 2. The molecule has 1 fully saturated rings. The Morgan fingerprint density at radius 3 is 2.05 bits per heavy atom. The average molecular weight is 571 g/mol. The summed E-state index contributed by atoms with van der Waals surface area (Å²) in [6, 6.07) is 18.7. The fraction of sp³-hybridized carbons (Fsp3) is 0.559. The number of nitrogens with one attached hydrogen (secondary N) is 2. The summed E-state index contributed by atoms with van der Waals surface area (Å²) < 4.78 is 0. The third-order valence-electron chi connectivity index (χ3n) is 6.90. The van der Waals surface area contributed by atoms with Crippen molar-refractivity contribution in [2.75, 3.05) is 20.1 Å². The van der Waals surface area contributed by atoms with Crippen LogP contribution in [0.1, 0.15) is 96.3 Å². The van der Waals surface area contributed by atoms with Crippen molar-refractivity contribution in [2.45, 2.75) is 98.4 Å². The second-order valence-corrected chi connectivity index (χ2v) is 9.84. The Bertz CT molecular complexity index is 888. The zero-order valence-corrected chi connectivity index (χ0v) is 26.6. The van der Waals surface area contributed by atoms with Crippen LogP contribution in [0.5, 0.6) is 0 Å². The van der Waals surface area contributed by atoms with Gasteiger partial charge in [-0.1, -0.05) is 81.8 Å². The first-order chi connectivity index (χ1) is 19.9. The number of hydrogen-bond donors (Lipinski definition) is 4. The van der Waals surface area contributed by atoms with Crippen LogP contribution in [0, 0.1) is 5.41 Å². The smallest absolute Gasteiger partial charge is 0.224 e. The van der Waals surface area contributed by atoms with E-state index in [0.29, 0.717) is 18.4 Å². The Balaban J connectivity index is 0. The molecule has 7 heteroatoms. The highest BCUT2D eigenvalue weighted by Gasteiger charge is 2.32. The van der Waals surface area contributed by atoms with Gasteiger partial charge < -0.3 is 26.9 Å². The molecule has 0 aromatic heterocycles. The lowest BCUT2D eigenvalue weighted by molar-refractivity contribution is -0.121. The second kappa shape index (κ2) is 27.2. The van der Waals surface area contributed by atoms with Crippen LogP contribution in [0.4, 0.5) is 0 Å². The summed E-state index contributed by atoms with van der Waals surface area (Å²) >= 11 is 0. The summed E-state index contributed by atoms with van der Waals surface area (Å²) in [5, 5.41) is 5.71. The zero-order chi connectivity index (χ0) is 31.4. The molecule has 7 nitrogen and oxygen atoms in total. The van der Waals surface area contributed by atoms with E-state index < -0.39 is 0 Å². The zero-order valence-electron chi connectivity index (χ0n) is 26.6. The molecular formula is C34H58N4O3. The Labute approximate surface area is 250 Å². The van der Waals surface area contributed by atoms with Gasteiger partial charge in [-0.25, -0.2) is 0 Å². The lowest BCUT2D eigenvalue weighted by atomic mass is 9.67. The van der Waals surface area contributed by atoms with Crippen molar-refractivity contribution in [3.63, 3.8) is 0 Å². The van der Waals surface area contributed by atoms with Gasteiger partial charge in [-0.2, -0.15) is 0 Å². The minimum Gasteiger partial charge on any atom is -0.359 e. The molecule has 0 aliphatic heterocycles. The van der Waals surface area contributed by atoms with E-state index in [9.17, 15) is 9.59 Å². The number of benzene rings is 2. The molecule has 2 amide bonds. The maximum absolute atomic E-state index is 12.3. The van der Waals surface area contributed by atoms with E-state index in [1.807, 2.05) is 51.1 Å². The van der Waals surface area contributed by atoms with Gasteiger partial charge in [0.25, 0.3) is 0 Å². The van der Waals surface area contributed by atoms with Crippen LogP contribution in [0.15, 0.2) is 54.6 Å². The van der Waals surface area contributed by atoms with Gasteiger partial charge in [0.15, 0.2) is 0 Å². The van der Waals surface area contributed by atoms with Crippen LogP contribution in [0.25, 0.3) is 0 Å². The molecule has 2 aromatic carbocycles. The monoisotopic (exact) mass is 570 g/mol. The number of carbonyl (C=O) groups excluding carboxylic acids is 3. The van der Waals surface area contributed by atoms with E-state index in [-0.39, 0.29) is 11.9 Å². The first-order valence-electron chi connectivity index (χ1n) is 15.2. The quantitative estimate of drug-likeness (QED) is 0.185. The molecular weight excluding hydrogens is 512 g/mol. The summed E-state index contributed by atoms with van der Waals surface area (Å²) in [7, 11) is 1.50. The lowest BCUT2D eigenvalue weighted by Gasteiger charge is -2.40. The van der Waals surface area contributed by atoms with Gasteiger partial charge in [0.2, 0.25) is 12.3 Å². The lowest BCUT2D eigenvalue weighted by Crippen LogP contribution is -2.36. The van der Waals surface area contributed by atoms with Crippen LogP contribution in [0.2, 0.25) is 0 Å². The first-order valence-corrected chi connectivity index (χ1v) is 15.2. The van der Waals surface area contributed by atoms with E-state index in [0.717, 1.165) is 50.5 Å². The molecule has 0 saturated heterocycles. The molecule has 0 spiro atoms. The highest BCUT2D eigenvalue weighted by Crippen LogP contribution is 2.42. The largest absolute Gasteiger partial charge is 0.359 e. The number of aldehydes is 1. The van der Waals surface area contributed by atoms with Crippen molar-refractivity contribution >= 4 is 18.6 Å². The predicted molar refractivity (Wildman–Crippen MR) is 174 cm³/mol. The maximum Gasteiger partial charge on any atom is 0.224 e. The van der Waals surface area contributed by atoms with Gasteiger partial charge in [-0.3, -0.25) is 9.59 Å². The fourth-order valence-electron chi connectivity index (χ4n) is 4.38. The SMILES string of the molecule is CC.CC(CCCCNC=O)NC(=O)Cc1cccc(Cc2ccccc2)c1.CC=O.CCC1(CN)CCC1.CN. The number of nitrogens with two attached hydrogens (primary N) is 2. The average Bonchev–Trinajstić information content (AvgIpc) is 2.97. The second-order valence-electron chi connectivity index (χ2n) is 9.84. The van der Waals surface area contributed by atoms with Crippen molar-refractivity contribution in [1.82, 2.24) is 10.6 Å². The predicted octanol–water partition coefficient (Wildman–Crippen LogP) is 5.57. The molecule has 1 aliphatic rings. The van der Waals surface area contributed by atoms with Gasteiger partial charge in [-0.05, 0) is 94.5 Å². The van der Waals surface area contributed by atoms with Gasteiger partial charge in [0, 0.05) is 12.6 Å². The topological polar surface area (TPSA) is 127 Å². The highest BCUT2D eigenvalue weighted by molar-refractivity contribution is 5.78. The molecule has 2 aromatic rings. The van der Waals surface area contributed by atoms with E-state index in [1.54, 1.807) is 0 Å². The Hall–Kier alpha value is -3.03. The third kappa shape index (κ3) is 19.6. The van der Waals surface area contributed by atoms with Crippen molar-refractivity contribution in [1.29, 1.82) is 0 Å². The summed E-state index contributed by atoms with van der Waals surface area (Å²) in [4.78, 5) is 31.2. The van der Waals surface area contributed by atoms with Gasteiger partial charge in [0.05, 0.1) is 6.42 Å². The van der Waals surface area contributed by atoms with Crippen molar-refractivity contribution in [2.24, 2.45) is 16.9 Å². The van der Waals surface area contributed by atoms with Gasteiger partial charge in [0.1, 0.15) is 6.29 Å². The molecule has 0 bridgehead atoms. The van der Waals surface area contributed by atoms with Gasteiger partial charge >= 0.3 is 0 Å². The van der Waals surface area contributed by atoms with Crippen molar-refractivity contribution < 1.29 is 14.4 Å². The molecule has 1 unspecified atom stereocenters.